The van der Waals surface area contributed by atoms with Crippen LogP contribution < -0.4 is 15.6 Å². The Morgan fingerprint density at radius 2 is 2.00 bits per heavy atom. The summed E-state index contributed by atoms with van der Waals surface area (Å²) in [6, 6.07) is 4.75. The van der Waals surface area contributed by atoms with E-state index >= 15 is 0 Å². The van der Waals surface area contributed by atoms with Crippen LogP contribution in [-0.4, -0.2) is 88.4 Å². The van der Waals surface area contributed by atoms with E-state index in [1.165, 1.54) is 12.1 Å². The predicted molar refractivity (Wildman–Crippen MR) is 150 cm³/mol. The number of nitrogens with one attached hydrogen (secondary N) is 3. The molecule has 0 bridgehead atoms. The van der Waals surface area contributed by atoms with Gasteiger partial charge in [0, 0.05) is 61.8 Å². The molecule has 5 aromatic rings. The highest BCUT2D eigenvalue weighted by Gasteiger charge is 2.40. The maximum Gasteiger partial charge on any atom is 0.341 e. The SMILES string of the molecule is CNc1cc(F)cc2c1[nH]c1ncc(-c3cnc4[nH]cc(C(=O)O)c(=O)c4c3)c(N3C[C@@H]4OCCN(C)[C@@H]4C3)c12. The number of benzene rings is 1. The van der Waals surface area contributed by atoms with E-state index in [0.717, 1.165) is 29.3 Å². The lowest BCUT2D eigenvalue weighted by Crippen LogP contribution is -2.48. The number of rotatable bonds is 4. The fourth-order valence-electron chi connectivity index (χ4n) is 6.10. The number of halogens is 1. The Labute approximate surface area is 226 Å². The first-order valence-electron chi connectivity index (χ1n) is 13.0. The third kappa shape index (κ3) is 3.63. The smallest absolute Gasteiger partial charge is 0.341 e. The molecule has 11 nitrogen and oxygen atoms in total. The quantitative estimate of drug-likeness (QED) is 0.269. The number of H-pyrrole nitrogens is 2. The molecule has 1 aromatic carbocycles. The Bertz CT molecular complexity index is 1900. The summed E-state index contributed by atoms with van der Waals surface area (Å²) in [4.78, 5) is 44.4. The van der Waals surface area contributed by atoms with Crippen LogP contribution >= 0.6 is 0 Å². The normalized spacial score (nSPS) is 19.5. The number of carboxylic acid groups (broad SMARTS) is 1. The maximum absolute atomic E-state index is 14.8. The lowest BCUT2D eigenvalue weighted by Gasteiger charge is -2.33. The van der Waals surface area contributed by atoms with Crippen molar-refractivity contribution in [3.63, 3.8) is 0 Å². The molecule has 2 aliphatic rings. The molecule has 204 valence electrons. The van der Waals surface area contributed by atoms with E-state index < -0.39 is 11.4 Å². The number of anilines is 2. The number of carbonyl (C=O) groups is 1. The van der Waals surface area contributed by atoms with Crippen molar-refractivity contribution >= 4 is 50.3 Å². The molecule has 2 saturated heterocycles. The van der Waals surface area contributed by atoms with Gasteiger partial charge in [-0.15, -0.1) is 0 Å². The molecular weight excluding hydrogens is 517 g/mol. The monoisotopic (exact) mass is 543 g/mol. The van der Waals surface area contributed by atoms with Crippen LogP contribution in [0, 0.1) is 5.82 Å². The number of ether oxygens (including phenoxy) is 1. The van der Waals surface area contributed by atoms with E-state index in [2.05, 4.69) is 37.1 Å². The highest BCUT2D eigenvalue weighted by atomic mass is 19.1. The number of carboxylic acids is 1. The van der Waals surface area contributed by atoms with Crippen molar-refractivity contribution in [2.45, 2.75) is 12.1 Å². The highest BCUT2D eigenvalue weighted by molar-refractivity contribution is 6.18. The van der Waals surface area contributed by atoms with Crippen LogP contribution in [0.25, 0.3) is 44.1 Å². The number of fused-ring (bicyclic) bond motifs is 5. The number of hydrogen-bond donors (Lipinski definition) is 4. The number of likely N-dealkylation sites (N-methyl/N-ethyl adjacent to an activating group) is 1. The van der Waals surface area contributed by atoms with Gasteiger partial charge < -0.3 is 30.0 Å². The second kappa shape index (κ2) is 9.00. The van der Waals surface area contributed by atoms with Crippen LogP contribution in [0.5, 0.6) is 0 Å². The molecule has 6 heterocycles. The Hall–Kier alpha value is -4.55. The maximum atomic E-state index is 14.8. The Morgan fingerprint density at radius 1 is 1.18 bits per heavy atom. The van der Waals surface area contributed by atoms with Crippen LogP contribution in [0.3, 0.4) is 0 Å². The lowest BCUT2D eigenvalue weighted by molar-refractivity contribution is -0.0362. The van der Waals surface area contributed by atoms with Gasteiger partial charge in [-0.05, 0) is 25.2 Å². The van der Waals surface area contributed by atoms with Crippen molar-refractivity contribution in [1.82, 2.24) is 24.8 Å². The average molecular weight is 544 g/mol. The summed E-state index contributed by atoms with van der Waals surface area (Å²) in [6.45, 7) is 2.78. The van der Waals surface area contributed by atoms with Crippen molar-refractivity contribution in [2.75, 3.05) is 50.6 Å². The molecule has 2 aliphatic heterocycles. The van der Waals surface area contributed by atoms with Gasteiger partial charge in [0.1, 0.15) is 22.7 Å². The van der Waals surface area contributed by atoms with Gasteiger partial charge in [-0.25, -0.2) is 19.2 Å². The van der Waals surface area contributed by atoms with Crippen LogP contribution in [0.4, 0.5) is 15.8 Å². The van der Waals surface area contributed by atoms with Crippen molar-refractivity contribution in [3.8, 4) is 11.1 Å². The molecule has 0 saturated carbocycles. The van der Waals surface area contributed by atoms with Gasteiger partial charge in [0.2, 0.25) is 5.43 Å². The summed E-state index contributed by atoms with van der Waals surface area (Å²) in [6.07, 6.45) is 4.50. The molecule has 4 aromatic heterocycles. The van der Waals surface area contributed by atoms with Crippen LogP contribution in [0.15, 0.2) is 41.6 Å². The average Bonchev–Trinajstić information content (AvgIpc) is 3.55. The first-order chi connectivity index (χ1) is 19.3. The van der Waals surface area contributed by atoms with Gasteiger partial charge in [-0.2, -0.15) is 0 Å². The van der Waals surface area contributed by atoms with E-state index in [4.69, 9.17) is 9.72 Å². The Balaban J connectivity index is 1.51. The molecule has 0 spiro atoms. The number of pyridine rings is 3. The second-order valence-corrected chi connectivity index (χ2v) is 10.3. The van der Waals surface area contributed by atoms with Gasteiger partial charge in [0.05, 0.1) is 46.4 Å². The van der Waals surface area contributed by atoms with Crippen molar-refractivity contribution in [3.05, 3.63) is 58.4 Å². The van der Waals surface area contributed by atoms with Gasteiger partial charge in [0.15, 0.2) is 0 Å². The molecule has 4 N–H and O–H groups in total. The largest absolute Gasteiger partial charge is 0.477 e. The summed E-state index contributed by atoms with van der Waals surface area (Å²) in [7, 11) is 3.83. The third-order valence-electron chi connectivity index (χ3n) is 8.10. The molecule has 0 unspecified atom stereocenters. The zero-order valence-corrected chi connectivity index (χ0v) is 21.8. The fourth-order valence-corrected chi connectivity index (χ4v) is 6.10. The topological polar surface area (TPSA) is 139 Å². The minimum atomic E-state index is -1.32. The van der Waals surface area contributed by atoms with E-state index in [1.54, 1.807) is 25.5 Å². The molecule has 7 rings (SSSR count). The van der Waals surface area contributed by atoms with Crippen LogP contribution in [-0.2, 0) is 4.74 Å². The Morgan fingerprint density at radius 3 is 2.77 bits per heavy atom. The van der Waals surface area contributed by atoms with E-state index in [9.17, 15) is 19.1 Å². The highest BCUT2D eigenvalue weighted by Crippen LogP contribution is 2.43. The van der Waals surface area contributed by atoms with Gasteiger partial charge in [-0.3, -0.25) is 9.69 Å². The van der Waals surface area contributed by atoms with Crippen LogP contribution in [0.1, 0.15) is 10.4 Å². The number of aromatic amines is 2. The first kappa shape index (κ1) is 24.5. The lowest BCUT2D eigenvalue weighted by atomic mass is 10.0. The molecule has 12 heteroatoms. The Kier molecular flexibility index (Phi) is 5.51. The molecule has 2 fully saturated rings. The second-order valence-electron chi connectivity index (χ2n) is 10.3. The van der Waals surface area contributed by atoms with Crippen LogP contribution in [0.2, 0.25) is 0 Å². The van der Waals surface area contributed by atoms with E-state index in [0.29, 0.717) is 47.5 Å². The van der Waals surface area contributed by atoms with E-state index in [-0.39, 0.29) is 34.6 Å². The van der Waals surface area contributed by atoms with Gasteiger partial charge >= 0.3 is 5.97 Å². The van der Waals surface area contributed by atoms with Gasteiger partial charge in [0.25, 0.3) is 0 Å². The molecule has 0 amide bonds. The molecule has 0 aliphatic carbocycles. The molecule has 2 atom stereocenters. The minimum Gasteiger partial charge on any atom is -0.477 e. The zero-order chi connectivity index (χ0) is 27.7. The van der Waals surface area contributed by atoms with Crippen molar-refractivity contribution in [2.24, 2.45) is 0 Å². The first-order valence-corrected chi connectivity index (χ1v) is 13.0. The number of aromatic carboxylic acids is 1. The summed E-state index contributed by atoms with van der Waals surface area (Å²) in [5.41, 5.74) is 3.34. The third-order valence-corrected chi connectivity index (χ3v) is 8.10. The van der Waals surface area contributed by atoms with Gasteiger partial charge in [-0.1, -0.05) is 0 Å². The number of aromatic nitrogens is 4. The molecule has 0 radical (unpaired) electrons. The van der Waals surface area contributed by atoms with Crippen molar-refractivity contribution in [1.29, 1.82) is 0 Å². The minimum absolute atomic E-state index is 0.000301. The molecule has 40 heavy (non-hydrogen) atoms. The summed E-state index contributed by atoms with van der Waals surface area (Å²) in [5.74, 6) is -1.70. The summed E-state index contributed by atoms with van der Waals surface area (Å²) >= 11 is 0. The standard InChI is InChI=1S/C28H26FN7O4/c1-30-19-7-14(29)6-15-22-24(36-11-20-21(12-36)40-4-3-35(20)2)17(9-33-27(22)34-23(15)19)13-5-16-25(37)18(28(38)39)10-32-26(16)31-8-13/h5-10,20-21,30H,3-4,11-12H2,1-2H3,(H,33,34)(H,38,39)(H,31,32,37)/t20-,21+/m1/s1. The molecular formula is C28H26FN7O4. The number of nitrogens with zero attached hydrogens (tertiary/aromatic N) is 4. The number of hydrogen-bond acceptors (Lipinski definition) is 8. The van der Waals surface area contributed by atoms with Crippen molar-refractivity contribution < 1.29 is 19.0 Å². The fraction of sp³-hybridized carbons (Fsp3) is 0.286. The summed E-state index contributed by atoms with van der Waals surface area (Å²) in [5, 5.41) is 14.1. The predicted octanol–water partition coefficient (Wildman–Crippen LogP) is 3.02. The number of morpholine rings is 1. The zero-order valence-electron chi connectivity index (χ0n) is 21.8. The summed E-state index contributed by atoms with van der Waals surface area (Å²) < 4.78 is 21.0. The van der Waals surface area contributed by atoms with E-state index in [1.807, 2.05) is 0 Å².